The second kappa shape index (κ2) is 11.2. The molecule has 0 atom stereocenters. The summed E-state index contributed by atoms with van der Waals surface area (Å²) in [6.07, 6.45) is 0.676. The van der Waals surface area contributed by atoms with Crippen LogP contribution in [0.1, 0.15) is 27.7 Å². The minimum absolute atomic E-state index is 0.0175. The number of amides is 2. The summed E-state index contributed by atoms with van der Waals surface area (Å²) >= 11 is 3.03. The van der Waals surface area contributed by atoms with E-state index in [9.17, 15) is 18.0 Å². The van der Waals surface area contributed by atoms with E-state index in [0.29, 0.717) is 41.5 Å². The SMILES string of the molecule is COc1ccc(S(=O)(=O)Nc2ccc(C(=O)Nc3sc4c(c3-c3nc5ccccc5s3)CCN(C(C)=O)C4)cc2)cc1. The van der Waals surface area contributed by atoms with Gasteiger partial charge in [0.1, 0.15) is 15.8 Å². The van der Waals surface area contributed by atoms with Crippen molar-refractivity contribution in [1.29, 1.82) is 0 Å². The highest BCUT2D eigenvalue weighted by Gasteiger charge is 2.29. The smallest absolute Gasteiger partial charge is 0.261 e. The molecule has 6 rings (SSSR count). The number of para-hydroxylation sites is 1. The summed E-state index contributed by atoms with van der Waals surface area (Å²) < 4.78 is 34.3. The molecule has 0 radical (unpaired) electrons. The van der Waals surface area contributed by atoms with Gasteiger partial charge >= 0.3 is 0 Å². The van der Waals surface area contributed by atoms with Crippen molar-refractivity contribution in [3.63, 3.8) is 0 Å². The number of nitrogens with zero attached hydrogens (tertiary/aromatic N) is 2. The average Bonchev–Trinajstić information content (AvgIpc) is 3.57. The Balaban J connectivity index is 1.26. The fraction of sp³-hybridized carbons (Fsp3) is 0.167. The van der Waals surface area contributed by atoms with Gasteiger partial charge in [0.15, 0.2) is 0 Å². The van der Waals surface area contributed by atoms with Crippen LogP contribution in [0.15, 0.2) is 77.7 Å². The van der Waals surface area contributed by atoms with Gasteiger partial charge in [0.05, 0.1) is 28.8 Å². The van der Waals surface area contributed by atoms with Crippen molar-refractivity contribution in [2.45, 2.75) is 24.8 Å². The molecule has 0 bridgehead atoms. The van der Waals surface area contributed by atoms with Gasteiger partial charge in [-0.3, -0.25) is 14.3 Å². The molecule has 9 nitrogen and oxygen atoms in total. The minimum atomic E-state index is -3.82. The highest BCUT2D eigenvalue weighted by Crippen LogP contribution is 2.45. The maximum absolute atomic E-state index is 13.4. The Morgan fingerprint density at radius 1 is 0.976 bits per heavy atom. The lowest BCUT2D eigenvalue weighted by atomic mass is 10.0. The third kappa shape index (κ3) is 5.48. The molecule has 0 aliphatic carbocycles. The van der Waals surface area contributed by atoms with Crippen LogP contribution in [0, 0.1) is 0 Å². The number of methoxy groups -OCH3 is 1. The van der Waals surface area contributed by atoms with E-state index in [1.165, 1.54) is 30.6 Å². The molecule has 1 aliphatic heterocycles. The van der Waals surface area contributed by atoms with E-state index in [0.717, 1.165) is 31.2 Å². The summed E-state index contributed by atoms with van der Waals surface area (Å²) in [4.78, 5) is 33.3. The number of thiazole rings is 1. The molecule has 0 unspecified atom stereocenters. The number of anilines is 2. The zero-order valence-corrected chi connectivity index (χ0v) is 25.2. The van der Waals surface area contributed by atoms with Crippen molar-refractivity contribution in [1.82, 2.24) is 9.88 Å². The molecule has 2 N–H and O–H groups in total. The molecule has 3 heterocycles. The van der Waals surface area contributed by atoms with E-state index in [2.05, 4.69) is 10.0 Å². The van der Waals surface area contributed by atoms with E-state index < -0.39 is 10.0 Å². The number of carbonyl (C=O) groups is 2. The molecule has 0 saturated heterocycles. The van der Waals surface area contributed by atoms with Gasteiger partial charge in [-0.15, -0.1) is 22.7 Å². The third-order valence-corrected chi connectivity index (χ3v) is 10.6. The van der Waals surface area contributed by atoms with Gasteiger partial charge in [-0.1, -0.05) is 12.1 Å². The lowest BCUT2D eigenvalue weighted by Crippen LogP contribution is -2.33. The molecular weight excluding hydrogens is 593 g/mol. The van der Waals surface area contributed by atoms with Crippen molar-refractivity contribution in [3.05, 3.63) is 88.8 Å². The number of hydrogen-bond acceptors (Lipinski definition) is 8. The summed E-state index contributed by atoms with van der Waals surface area (Å²) in [5.74, 6) is 0.242. The lowest BCUT2D eigenvalue weighted by molar-refractivity contribution is -0.129. The predicted octanol–water partition coefficient (Wildman–Crippen LogP) is 5.99. The van der Waals surface area contributed by atoms with Crippen LogP contribution in [0.5, 0.6) is 5.75 Å². The Morgan fingerprint density at radius 2 is 1.71 bits per heavy atom. The zero-order chi connectivity index (χ0) is 29.4. The first-order valence-electron chi connectivity index (χ1n) is 13.1. The number of aromatic nitrogens is 1. The topological polar surface area (TPSA) is 118 Å². The number of thiophene rings is 1. The molecule has 5 aromatic rings. The van der Waals surface area contributed by atoms with E-state index in [4.69, 9.17) is 9.72 Å². The molecule has 0 fully saturated rings. The fourth-order valence-corrected chi connectivity index (χ4v) is 8.23. The highest BCUT2D eigenvalue weighted by molar-refractivity contribution is 7.92. The summed E-state index contributed by atoms with van der Waals surface area (Å²) in [6, 6.07) is 20.2. The molecule has 214 valence electrons. The number of benzene rings is 3. The second-order valence-electron chi connectivity index (χ2n) is 9.70. The number of rotatable bonds is 7. The van der Waals surface area contributed by atoms with Crippen molar-refractivity contribution in [2.24, 2.45) is 0 Å². The Morgan fingerprint density at radius 3 is 2.40 bits per heavy atom. The molecular formula is C30H26N4O5S3. The number of sulfonamides is 1. The lowest BCUT2D eigenvalue weighted by Gasteiger charge is -2.26. The van der Waals surface area contributed by atoms with E-state index in [1.54, 1.807) is 59.6 Å². The molecule has 2 amide bonds. The Kier molecular flexibility index (Phi) is 7.43. The van der Waals surface area contributed by atoms with Crippen LogP contribution < -0.4 is 14.8 Å². The monoisotopic (exact) mass is 618 g/mol. The summed E-state index contributed by atoms with van der Waals surface area (Å²) in [6.45, 7) is 2.67. The second-order valence-corrected chi connectivity index (χ2v) is 13.5. The standard InChI is InChI=1S/C30H26N4O5S3/c1-18(35)34-16-15-23-26(17-34)41-30(27(23)29-31-24-5-3-4-6-25(24)40-29)32-28(36)19-7-9-20(10-8-19)33-42(37,38)22-13-11-21(39-2)12-14-22/h3-14,33H,15-17H2,1-2H3,(H,32,36). The molecule has 2 aromatic heterocycles. The van der Waals surface area contributed by atoms with Crippen LogP contribution in [0.4, 0.5) is 10.7 Å². The summed E-state index contributed by atoms with van der Waals surface area (Å²) in [5, 5.41) is 4.57. The molecule has 0 spiro atoms. The van der Waals surface area contributed by atoms with Gasteiger partial charge in [-0.2, -0.15) is 0 Å². The molecule has 12 heteroatoms. The zero-order valence-electron chi connectivity index (χ0n) is 22.7. The summed E-state index contributed by atoms with van der Waals surface area (Å²) in [7, 11) is -2.31. The maximum Gasteiger partial charge on any atom is 0.261 e. The largest absolute Gasteiger partial charge is 0.497 e. The van der Waals surface area contributed by atoms with E-state index in [1.807, 2.05) is 24.3 Å². The number of nitrogens with one attached hydrogen (secondary N) is 2. The summed E-state index contributed by atoms with van der Waals surface area (Å²) in [5.41, 5.74) is 3.60. The van der Waals surface area contributed by atoms with Crippen molar-refractivity contribution in [2.75, 3.05) is 23.7 Å². The van der Waals surface area contributed by atoms with Crippen LogP contribution in [0.3, 0.4) is 0 Å². The predicted molar refractivity (Wildman–Crippen MR) is 166 cm³/mol. The van der Waals surface area contributed by atoms with Crippen LogP contribution in [0.25, 0.3) is 20.8 Å². The Hall–Kier alpha value is -4.26. The number of carbonyl (C=O) groups excluding carboxylic acids is 2. The van der Waals surface area contributed by atoms with Gasteiger partial charge in [0.25, 0.3) is 15.9 Å². The third-order valence-electron chi connectivity index (χ3n) is 7.01. The quantitative estimate of drug-likeness (QED) is 0.231. The van der Waals surface area contributed by atoms with Gasteiger partial charge in [-0.25, -0.2) is 13.4 Å². The number of hydrogen-bond donors (Lipinski definition) is 2. The van der Waals surface area contributed by atoms with E-state index in [-0.39, 0.29) is 16.7 Å². The van der Waals surface area contributed by atoms with Gasteiger partial charge in [-0.05, 0) is 72.6 Å². The molecule has 3 aromatic carbocycles. The first kappa shape index (κ1) is 27.9. The van der Waals surface area contributed by atoms with Crippen molar-refractivity contribution in [3.8, 4) is 16.3 Å². The highest BCUT2D eigenvalue weighted by atomic mass is 32.2. The van der Waals surface area contributed by atoms with Gasteiger partial charge in [0, 0.05) is 35.2 Å². The van der Waals surface area contributed by atoms with Crippen molar-refractivity contribution >= 4 is 65.4 Å². The number of fused-ring (bicyclic) bond motifs is 2. The first-order valence-corrected chi connectivity index (χ1v) is 16.2. The molecule has 0 saturated carbocycles. The van der Waals surface area contributed by atoms with Gasteiger partial charge < -0.3 is 15.0 Å². The Labute approximate surface area is 250 Å². The van der Waals surface area contributed by atoms with Gasteiger partial charge in [0.2, 0.25) is 5.91 Å². The van der Waals surface area contributed by atoms with E-state index >= 15 is 0 Å². The van der Waals surface area contributed by atoms with Crippen LogP contribution in [0.2, 0.25) is 0 Å². The van der Waals surface area contributed by atoms with Crippen LogP contribution in [-0.4, -0.2) is 43.8 Å². The minimum Gasteiger partial charge on any atom is -0.497 e. The molecule has 1 aliphatic rings. The maximum atomic E-state index is 13.4. The van der Waals surface area contributed by atoms with Crippen molar-refractivity contribution < 1.29 is 22.7 Å². The van der Waals surface area contributed by atoms with Crippen LogP contribution in [-0.2, 0) is 27.8 Å². The number of ether oxygens (including phenoxy) is 1. The Bertz CT molecular complexity index is 1880. The average molecular weight is 619 g/mol. The molecule has 42 heavy (non-hydrogen) atoms. The normalized spacial score (nSPS) is 13.0. The first-order chi connectivity index (χ1) is 20.2. The van der Waals surface area contributed by atoms with Crippen LogP contribution >= 0.6 is 22.7 Å². The fourth-order valence-electron chi connectivity index (χ4n) is 4.80.